The molecule has 102 valence electrons. The molecule has 0 N–H and O–H groups in total. The Labute approximate surface area is 117 Å². The van der Waals surface area contributed by atoms with Crippen molar-refractivity contribution in [2.45, 2.75) is 45.4 Å². The minimum Gasteiger partial charge on any atom is -0.0816 e. The largest absolute Gasteiger partial charge is 0.0816 e. The van der Waals surface area contributed by atoms with Crippen LogP contribution in [0.5, 0.6) is 0 Å². The Bertz CT molecular complexity index is 474. The summed E-state index contributed by atoms with van der Waals surface area (Å²) in [4.78, 5) is 0. The van der Waals surface area contributed by atoms with Crippen molar-refractivity contribution in [2.75, 3.05) is 0 Å². The van der Waals surface area contributed by atoms with Gasteiger partial charge in [0.1, 0.15) is 0 Å². The molecular weight excluding hydrogens is 228 g/mol. The summed E-state index contributed by atoms with van der Waals surface area (Å²) in [6.07, 6.45) is 12.1. The second kappa shape index (κ2) is 3.15. The summed E-state index contributed by atoms with van der Waals surface area (Å²) in [5.41, 5.74) is 1.85. The summed E-state index contributed by atoms with van der Waals surface area (Å²) in [5, 5.41) is 0. The van der Waals surface area contributed by atoms with Crippen molar-refractivity contribution < 1.29 is 0 Å². The molecule has 5 saturated carbocycles. The van der Waals surface area contributed by atoms with Gasteiger partial charge in [0.05, 0.1) is 0 Å². The first-order valence-electron chi connectivity index (χ1n) is 9.04. The van der Waals surface area contributed by atoms with Gasteiger partial charge in [-0.05, 0) is 91.3 Å². The minimum absolute atomic E-state index is 1.05. The van der Waals surface area contributed by atoms with Crippen molar-refractivity contribution in [1.29, 1.82) is 0 Å². The lowest BCUT2D eigenvalue weighted by Gasteiger charge is -2.53. The fourth-order valence-electron chi connectivity index (χ4n) is 8.60. The highest BCUT2D eigenvalue weighted by molar-refractivity contribution is 5.29. The van der Waals surface area contributed by atoms with E-state index in [9.17, 15) is 0 Å². The van der Waals surface area contributed by atoms with E-state index >= 15 is 0 Å². The maximum absolute atomic E-state index is 2.68. The van der Waals surface area contributed by atoms with Crippen molar-refractivity contribution in [3.8, 4) is 0 Å². The summed E-state index contributed by atoms with van der Waals surface area (Å²) in [7, 11) is 0. The van der Waals surface area contributed by atoms with Crippen LogP contribution < -0.4 is 0 Å². The summed E-state index contributed by atoms with van der Waals surface area (Å²) < 4.78 is 0. The van der Waals surface area contributed by atoms with Crippen molar-refractivity contribution in [3.63, 3.8) is 0 Å². The molecule has 7 rings (SSSR count). The van der Waals surface area contributed by atoms with Gasteiger partial charge in [-0.25, -0.2) is 0 Å². The van der Waals surface area contributed by atoms with Gasteiger partial charge in [-0.3, -0.25) is 0 Å². The van der Waals surface area contributed by atoms with Crippen LogP contribution in [0.15, 0.2) is 11.6 Å². The van der Waals surface area contributed by atoms with Gasteiger partial charge in [-0.15, -0.1) is 0 Å². The first-order valence-corrected chi connectivity index (χ1v) is 9.04. The van der Waals surface area contributed by atoms with Crippen LogP contribution in [-0.2, 0) is 0 Å². The molecule has 0 radical (unpaired) electrons. The molecule has 10 unspecified atom stereocenters. The highest BCUT2D eigenvalue weighted by atomic mass is 14.7. The summed E-state index contributed by atoms with van der Waals surface area (Å²) >= 11 is 0. The SMILES string of the molecule is CCC1CC2CC1C1C3CC(C4CC5=CC(C5)C43)C21. The van der Waals surface area contributed by atoms with Crippen LogP contribution in [0, 0.1) is 59.2 Å². The molecule has 0 aliphatic heterocycles. The van der Waals surface area contributed by atoms with Gasteiger partial charge in [0.15, 0.2) is 0 Å². The van der Waals surface area contributed by atoms with Crippen molar-refractivity contribution in [1.82, 2.24) is 0 Å². The molecule has 10 atom stereocenters. The molecule has 0 nitrogen and oxygen atoms in total. The van der Waals surface area contributed by atoms with Crippen LogP contribution in [-0.4, -0.2) is 0 Å². The standard InChI is InChI=1S/C19H26/c1-2-10-6-12-7-13(10)19-16-8-15(18(12)19)14-5-9-3-11(4-9)17(14)16/h3,10-19H,2,4-8H2,1H3. The van der Waals surface area contributed by atoms with E-state index in [0.717, 1.165) is 23.7 Å². The van der Waals surface area contributed by atoms with E-state index in [0.29, 0.717) is 0 Å². The summed E-state index contributed by atoms with van der Waals surface area (Å²) in [5.74, 6) is 11.6. The van der Waals surface area contributed by atoms with Gasteiger partial charge < -0.3 is 0 Å². The maximum atomic E-state index is 2.68. The first-order chi connectivity index (χ1) is 9.35. The Balaban J connectivity index is 1.41. The quantitative estimate of drug-likeness (QED) is 0.477. The molecule has 0 heteroatoms. The molecule has 0 saturated heterocycles. The number of fused-ring (bicyclic) bond motifs is 9. The number of hydrogen-bond acceptors (Lipinski definition) is 0. The lowest BCUT2D eigenvalue weighted by atomic mass is 9.52. The second-order valence-electron chi connectivity index (χ2n) is 8.92. The van der Waals surface area contributed by atoms with Gasteiger partial charge >= 0.3 is 0 Å². The molecule has 7 aliphatic carbocycles. The average Bonchev–Trinajstić information content (AvgIpc) is 3.13. The van der Waals surface area contributed by atoms with Crippen LogP contribution >= 0.6 is 0 Å². The molecule has 0 aromatic heterocycles. The highest BCUT2D eigenvalue weighted by Crippen LogP contribution is 2.75. The lowest BCUT2D eigenvalue weighted by Crippen LogP contribution is -2.46. The zero-order chi connectivity index (χ0) is 12.3. The molecule has 7 aliphatic rings. The van der Waals surface area contributed by atoms with Crippen LogP contribution in [0.25, 0.3) is 0 Å². The first kappa shape index (κ1) is 10.5. The maximum Gasteiger partial charge on any atom is -0.0160 e. The molecule has 0 amide bonds. The third kappa shape index (κ3) is 1.02. The van der Waals surface area contributed by atoms with Gasteiger partial charge in [0, 0.05) is 0 Å². The van der Waals surface area contributed by atoms with E-state index in [4.69, 9.17) is 0 Å². The predicted molar refractivity (Wildman–Crippen MR) is 76.4 cm³/mol. The zero-order valence-corrected chi connectivity index (χ0v) is 12.1. The van der Waals surface area contributed by atoms with Crippen LogP contribution in [0.1, 0.15) is 45.4 Å². The van der Waals surface area contributed by atoms with Gasteiger partial charge in [-0.2, -0.15) is 0 Å². The van der Waals surface area contributed by atoms with E-state index in [1.165, 1.54) is 54.8 Å². The van der Waals surface area contributed by atoms with Crippen LogP contribution in [0.3, 0.4) is 0 Å². The number of rotatable bonds is 1. The molecule has 0 spiro atoms. The monoisotopic (exact) mass is 254 g/mol. The van der Waals surface area contributed by atoms with Gasteiger partial charge in [0.2, 0.25) is 0 Å². The molecule has 0 aromatic rings. The number of hydrogen-bond donors (Lipinski definition) is 0. The zero-order valence-electron chi connectivity index (χ0n) is 12.1. The third-order valence-electron chi connectivity index (χ3n) is 8.81. The molecule has 0 heterocycles. The Kier molecular flexibility index (Phi) is 1.73. The average molecular weight is 254 g/mol. The topological polar surface area (TPSA) is 0 Å². The predicted octanol–water partition coefficient (Wildman–Crippen LogP) is 4.52. The van der Waals surface area contributed by atoms with Crippen LogP contribution in [0.4, 0.5) is 0 Å². The van der Waals surface area contributed by atoms with Crippen LogP contribution in [0.2, 0.25) is 0 Å². The lowest BCUT2D eigenvalue weighted by molar-refractivity contribution is -0.000909. The van der Waals surface area contributed by atoms with E-state index in [1.807, 2.05) is 5.57 Å². The van der Waals surface area contributed by atoms with E-state index < -0.39 is 0 Å². The fraction of sp³-hybridized carbons (Fsp3) is 0.895. The van der Waals surface area contributed by atoms with E-state index in [-0.39, 0.29) is 0 Å². The molecular formula is C19H26. The Hall–Kier alpha value is -0.260. The van der Waals surface area contributed by atoms with E-state index in [1.54, 1.807) is 19.3 Å². The Morgan fingerprint density at radius 2 is 1.79 bits per heavy atom. The fourth-order valence-corrected chi connectivity index (χ4v) is 8.60. The molecule has 5 fully saturated rings. The van der Waals surface area contributed by atoms with Gasteiger partial charge in [0.25, 0.3) is 0 Å². The highest BCUT2D eigenvalue weighted by Gasteiger charge is 2.68. The third-order valence-corrected chi connectivity index (χ3v) is 8.81. The van der Waals surface area contributed by atoms with Crippen molar-refractivity contribution in [2.24, 2.45) is 59.2 Å². The summed E-state index contributed by atoms with van der Waals surface area (Å²) in [6, 6.07) is 0. The Morgan fingerprint density at radius 1 is 0.895 bits per heavy atom. The van der Waals surface area contributed by atoms with Crippen molar-refractivity contribution in [3.05, 3.63) is 11.6 Å². The minimum atomic E-state index is 1.05. The Morgan fingerprint density at radius 3 is 2.63 bits per heavy atom. The molecule has 0 aromatic carbocycles. The normalized spacial score (nSPS) is 66.7. The molecule has 6 bridgehead atoms. The van der Waals surface area contributed by atoms with E-state index in [2.05, 4.69) is 13.0 Å². The van der Waals surface area contributed by atoms with Gasteiger partial charge in [-0.1, -0.05) is 25.0 Å². The second-order valence-corrected chi connectivity index (χ2v) is 8.92. The molecule has 19 heavy (non-hydrogen) atoms. The summed E-state index contributed by atoms with van der Waals surface area (Å²) in [6.45, 7) is 2.46. The number of allylic oxidation sites excluding steroid dienone is 2. The van der Waals surface area contributed by atoms with Crippen molar-refractivity contribution >= 4 is 0 Å². The smallest absolute Gasteiger partial charge is 0.0160 e.